The molecule has 1 aromatic rings. The summed E-state index contributed by atoms with van der Waals surface area (Å²) in [5, 5.41) is 22.9. The Kier molecular flexibility index (Phi) is 3.47. The van der Waals surface area contributed by atoms with Crippen molar-refractivity contribution >= 4 is 17.6 Å². The van der Waals surface area contributed by atoms with Crippen molar-refractivity contribution in [3.8, 4) is 0 Å². The number of anilines is 1. The summed E-state index contributed by atoms with van der Waals surface area (Å²) < 4.78 is 0. The summed E-state index contributed by atoms with van der Waals surface area (Å²) >= 11 is 0. The lowest BCUT2D eigenvalue weighted by atomic mass is 10.1. The number of rotatable bonds is 4. The quantitative estimate of drug-likeness (QED) is 0.582. The van der Waals surface area contributed by atoms with Crippen molar-refractivity contribution in [1.82, 2.24) is 5.32 Å². The highest BCUT2D eigenvalue weighted by Gasteiger charge is 2.29. The Labute approximate surface area is 104 Å². The highest BCUT2D eigenvalue weighted by Crippen LogP contribution is 2.25. The number of carboxylic acids is 1. The van der Waals surface area contributed by atoms with E-state index in [2.05, 4.69) is 10.6 Å². The molecule has 0 radical (unpaired) electrons. The number of carbonyl (C=O) groups is 2. The average Bonchev–Trinajstić information content (AvgIpc) is 2.79. The van der Waals surface area contributed by atoms with E-state index in [4.69, 9.17) is 10.2 Å². The van der Waals surface area contributed by atoms with Gasteiger partial charge >= 0.3 is 5.97 Å². The third-order valence-corrected chi connectivity index (χ3v) is 2.88. The molecule has 4 N–H and O–H groups in total. The van der Waals surface area contributed by atoms with Crippen LogP contribution in [-0.2, 0) is 16.0 Å². The number of nitrogens with one attached hydrogen (secondary N) is 2. The zero-order valence-corrected chi connectivity index (χ0v) is 9.59. The minimum Gasteiger partial charge on any atom is -0.480 e. The van der Waals surface area contributed by atoms with Crippen LogP contribution in [0.1, 0.15) is 5.56 Å². The second-order valence-electron chi connectivity index (χ2n) is 4.14. The first-order chi connectivity index (χ1) is 8.61. The number of para-hydroxylation sites is 1. The highest BCUT2D eigenvalue weighted by atomic mass is 16.4. The molecule has 0 fully saturated rings. The molecule has 1 amide bonds. The van der Waals surface area contributed by atoms with E-state index in [1.54, 1.807) is 0 Å². The number of amides is 1. The van der Waals surface area contributed by atoms with Gasteiger partial charge in [0.2, 0.25) is 5.91 Å². The van der Waals surface area contributed by atoms with Gasteiger partial charge in [-0.2, -0.15) is 0 Å². The van der Waals surface area contributed by atoms with Gasteiger partial charge in [-0.15, -0.1) is 0 Å². The fourth-order valence-electron chi connectivity index (χ4n) is 1.91. The van der Waals surface area contributed by atoms with E-state index in [0.29, 0.717) is 6.42 Å². The second kappa shape index (κ2) is 5.05. The molecule has 96 valence electrons. The van der Waals surface area contributed by atoms with E-state index in [9.17, 15) is 9.59 Å². The van der Waals surface area contributed by atoms with Crippen LogP contribution in [0.2, 0.25) is 0 Å². The molecule has 0 saturated heterocycles. The van der Waals surface area contributed by atoms with Crippen molar-refractivity contribution in [3.63, 3.8) is 0 Å². The van der Waals surface area contributed by atoms with Crippen molar-refractivity contribution in [2.75, 3.05) is 11.9 Å². The number of carbonyl (C=O) groups excluding carboxylic acids is 1. The molecule has 1 unspecified atom stereocenters. The predicted octanol–water partition coefficient (Wildman–Crippen LogP) is -0.415. The van der Waals surface area contributed by atoms with Gasteiger partial charge < -0.3 is 20.8 Å². The van der Waals surface area contributed by atoms with Crippen molar-refractivity contribution in [1.29, 1.82) is 0 Å². The van der Waals surface area contributed by atoms with Crippen LogP contribution in [0.3, 0.4) is 0 Å². The maximum absolute atomic E-state index is 11.8. The largest absolute Gasteiger partial charge is 0.480 e. The zero-order valence-electron chi connectivity index (χ0n) is 9.59. The Morgan fingerprint density at radius 3 is 2.78 bits per heavy atom. The lowest BCUT2D eigenvalue weighted by Crippen LogP contribution is -2.49. The summed E-state index contributed by atoms with van der Waals surface area (Å²) in [6.07, 6.45) is 0.514. The summed E-state index contributed by atoms with van der Waals surface area (Å²) in [7, 11) is 0. The van der Waals surface area contributed by atoms with E-state index < -0.39 is 30.6 Å². The first-order valence-corrected chi connectivity index (χ1v) is 5.60. The maximum atomic E-state index is 11.8. The van der Waals surface area contributed by atoms with Gasteiger partial charge in [0.1, 0.15) is 12.1 Å². The lowest BCUT2D eigenvalue weighted by molar-refractivity contribution is -0.143. The molecule has 0 saturated carbocycles. The molecule has 2 rings (SSSR count). The smallest absolute Gasteiger partial charge is 0.328 e. The van der Waals surface area contributed by atoms with Gasteiger partial charge in [0.25, 0.3) is 0 Å². The third kappa shape index (κ3) is 2.43. The monoisotopic (exact) mass is 250 g/mol. The molecular weight excluding hydrogens is 236 g/mol. The van der Waals surface area contributed by atoms with E-state index in [-0.39, 0.29) is 0 Å². The van der Waals surface area contributed by atoms with Crippen molar-refractivity contribution in [3.05, 3.63) is 29.8 Å². The molecule has 0 bridgehead atoms. The van der Waals surface area contributed by atoms with E-state index in [1.165, 1.54) is 0 Å². The number of aliphatic carboxylic acids is 1. The number of hydrogen-bond acceptors (Lipinski definition) is 4. The van der Waals surface area contributed by atoms with E-state index >= 15 is 0 Å². The standard InChI is InChI=1S/C12H14N2O4/c15-6-10(12(17)18)14-11(16)9-5-7-3-1-2-4-8(7)13-9/h1-4,9-10,13,15H,5-6H2,(H,14,16)(H,17,18)/t9?,10-/m1/s1. The number of aliphatic hydroxyl groups excluding tert-OH is 1. The van der Waals surface area contributed by atoms with Crippen LogP contribution in [0.25, 0.3) is 0 Å². The molecule has 1 aliphatic rings. The molecule has 0 aromatic heterocycles. The zero-order chi connectivity index (χ0) is 13.1. The Balaban J connectivity index is 1.99. The number of carboxylic acid groups (broad SMARTS) is 1. The van der Waals surface area contributed by atoms with Crippen LogP contribution in [0, 0.1) is 0 Å². The molecule has 0 aliphatic carbocycles. The van der Waals surface area contributed by atoms with Gasteiger partial charge in [-0.1, -0.05) is 18.2 Å². The van der Waals surface area contributed by atoms with Gasteiger partial charge in [0.15, 0.2) is 0 Å². The van der Waals surface area contributed by atoms with Crippen LogP contribution < -0.4 is 10.6 Å². The van der Waals surface area contributed by atoms with Crippen LogP contribution in [0.4, 0.5) is 5.69 Å². The molecule has 1 aliphatic heterocycles. The first-order valence-electron chi connectivity index (χ1n) is 5.60. The molecule has 0 spiro atoms. The van der Waals surface area contributed by atoms with Crippen molar-refractivity contribution in [2.24, 2.45) is 0 Å². The van der Waals surface area contributed by atoms with Crippen LogP contribution >= 0.6 is 0 Å². The van der Waals surface area contributed by atoms with Crippen LogP contribution in [0.5, 0.6) is 0 Å². The predicted molar refractivity (Wildman–Crippen MR) is 64.2 cm³/mol. The summed E-state index contributed by atoms with van der Waals surface area (Å²) in [6, 6.07) is 5.77. The number of hydrogen-bond donors (Lipinski definition) is 4. The van der Waals surface area contributed by atoms with Crippen LogP contribution in [0.15, 0.2) is 24.3 Å². The number of fused-ring (bicyclic) bond motifs is 1. The van der Waals surface area contributed by atoms with Gasteiger partial charge in [-0.25, -0.2) is 4.79 Å². The highest BCUT2D eigenvalue weighted by molar-refractivity contribution is 5.90. The molecule has 18 heavy (non-hydrogen) atoms. The minimum atomic E-state index is -1.26. The number of benzene rings is 1. The Morgan fingerprint density at radius 2 is 2.17 bits per heavy atom. The Bertz CT molecular complexity index is 450. The maximum Gasteiger partial charge on any atom is 0.328 e. The van der Waals surface area contributed by atoms with Crippen LogP contribution in [-0.4, -0.2) is 40.8 Å². The fourth-order valence-corrected chi connectivity index (χ4v) is 1.91. The first kappa shape index (κ1) is 12.4. The van der Waals surface area contributed by atoms with Crippen molar-refractivity contribution < 1.29 is 19.8 Å². The second-order valence-corrected chi connectivity index (χ2v) is 4.14. The fraction of sp³-hybridized carbons (Fsp3) is 0.333. The molecule has 6 heteroatoms. The summed E-state index contributed by atoms with van der Waals surface area (Å²) in [5.41, 5.74) is 1.90. The van der Waals surface area contributed by atoms with Crippen molar-refractivity contribution in [2.45, 2.75) is 18.5 Å². The average molecular weight is 250 g/mol. The molecule has 6 nitrogen and oxygen atoms in total. The van der Waals surface area contributed by atoms with Gasteiger partial charge in [-0.05, 0) is 11.6 Å². The molecular formula is C12H14N2O4. The van der Waals surface area contributed by atoms with Gasteiger partial charge in [0, 0.05) is 12.1 Å². The summed E-state index contributed by atoms with van der Waals surface area (Å²) in [4.78, 5) is 22.5. The topological polar surface area (TPSA) is 98.7 Å². The third-order valence-electron chi connectivity index (χ3n) is 2.88. The van der Waals surface area contributed by atoms with E-state index in [1.807, 2.05) is 24.3 Å². The Hall–Kier alpha value is -2.08. The SMILES string of the molecule is O=C(N[C@H](CO)C(=O)O)C1Cc2ccccc2N1. The van der Waals surface area contributed by atoms with Gasteiger partial charge in [0.05, 0.1) is 6.61 Å². The normalized spacial score (nSPS) is 18.6. The summed E-state index contributed by atoms with van der Waals surface area (Å²) in [5.74, 6) is -1.67. The minimum absolute atomic E-state index is 0.423. The molecule has 2 atom stereocenters. The Morgan fingerprint density at radius 1 is 1.44 bits per heavy atom. The summed E-state index contributed by atoms with van der Waals surface area (Å²) in [6.45, 7) is -0.624. The lowest BCUT2D eigenvalue weighted by Gasteiger charge is -2.15. The molecule has 1 heterocycles. The van der Waals surface area contributed by atoms with E-state index in [0.717, 1.165) is 11.3 Å². The number of aliphatic hydroxyl groups is 1. The van der Waals surface area contributed by atoms with Gasteiger partial charge in [-0.3, -0.25) is 4.79 Å². The molecule has 1 aromatic carbocycles.